The number of hydrogen-bond acceptors (Lipinski definition) is 2. The molecule has 0 saturated heterocycles. The molecule has 0 aliphatic carbocycles. The fourth-order valence-corrected chi connectivity index (χ4v) is 2.35. The number of nitrogens with zero attached hydrogens (tertiary/aromatic N) is 1. The van der Waals surface area contributed by atoms with Crippen molar-refractivity contribution >= 4 is 23.2 Å². The van der Waals surface area contributed by atoms with Crippen LogP contribution in [0.3, 0.4) is 0 Å². The van der Waals surface area contributed by atoms with Crippen LogP contribution >= 0.6 is 23.2 Å². The molecule has 4 heteroatoms. The summed E-state index contributed by atoms with van der Waals surface area (Å²) in [4.78, 5) is 4.32. The average Bonchev–Trinajstić information content (AvgIpc) is 2.35. The summed E-state index contributed by atoms with van der Waals surface area (Å²) in [7, 11) is 1.89. The SMILES string of the molecule is CNC(c1ccc(C)cc1)c1ncc(Cl)cc1Cl. The lowest BCUT2D eigenvalue weighted by molar-refractivity contribution is 0.671. The van der Waals surface area contributed by atoms with Crippen LogP contribution in [0.2, 0.25) is 10.0 Å². The zero-order valence-electron chi connectivity index (χ0n) is 10.2. The molecule has 0 bridgehead atoms. The van der Waals surface area contributed by atoms with Gasteiger partial charge in [-0.2, -0.15) is 0 Å². The maximum absolute atomic E-state index is 6.20. The Labute approximate surface area is 117 Å². The van der Waals surface area contributed by atoms with Gasteiger partial charge in [0.1, 0.15) is 0 Å². The predicted molar refractivity (Wildman–Crippen MR) is 76.3 cm³/mol. The van der Waals surface area contributed by atoms with E-state index in [-0.39, 0.29) is 6.04 Å². The lowest BCUT2D eigenvalue weighted by atomic mass is 10.0. The molecule has 1 N–H and O–H groups in total. The summed E-state index contributed by atoms with van der Waals surface area (Å²) in [5, 5.41) is 4.34. The summed E-state index contributed by atoms with van der Waals surface area (Å²) in [6, 6.07) is 9.97. The summed E-state index contributed by atoms with van der Waals surface area (Å²) >= 11 is 12.1. The van der Waals surface area contributed by atoms with Crippen LogP contribution in [0.4, 0.5) is 0 Å². The lowest BCUT2D eigenvalue weighted by Gasteiger charge is -2.17. The van der Waals surface area contributed by atoms with E-state index in [0.717, 1.165) is 11.3 Å². The van der Waals surface area contributed by atoms with Crippen LogP contribution < -0.4 is 5.32 Å². The molecule has 2 rings (SSSR count). The van der Waals surface area contributed by atoms with Gasteiger partial charge in [-0.15, -0.1) is 0 Å². The van der Waals surface area contributed by atoms with Crippen molar-refractivity contribution in [3.05, 3.63) is 63.4 Å². The summed E-state index contributed by atoms with van der Waals surface area (Å²) < 4.78 is 0. The molecular weight excluding hydrogens is 267 g/mol. The maximum Gasteiger partial charge on any atom is 0.0805 e. The van der Waals surface area contributed by atoms with Gasteiger partial charge in [-0.05, 0) is 25.6 Å². The highest BCUT2D eigenvalue weighted by Crippen LogP contribution is 2.28. The normalized spacial score (nSPS) is 12.4. The molecule has 0 amide bonds. The minimum atomic E-state index is -0.0321. The third-order valence-electron chi connectivity index (χ3n) is 2.81. The summed E-state index contributed by atoms with van der Waals surface area (Å²) in [6.45, 7) is 2.06. The van der Waals surface area contributed by atoms with E-state index in [1.165, 1.54) is 5.56 Å². The minimum Gasteiger partial charge on any atom is -0.308 e. The second-order valence-electron chi connectivity index (χ2n) is 4.15. The highest BCUT2D eigenvalue weighted by Gasteiger charge is 2.16. The van der Waals surface area contributed by atoms with E-state index < -0.39 is 0 Å². The average molecular weight is 281 g/mol. The maximum atomic E-state index is 6.20. The zero-order chi connectivity index (χ0) is 13.1. The Bertz CT molecular complexity index is 538. The Morgan fingerprint density at radius 3 is 2.39 bits per heavy atom. The summed E-state index contributed by atoms with van der Waals surface area (Å²) in [5.74, 6) is 0. The van der Waals surface area contributed by atoms with Gasteiger partial charge in [-0.3, -0.25) is 4.98 Å². The number of aromatic nitrogens is 1. The zero-order valence-corrected chi connectivity index (χ0v) is 11.8. The predicted octanol–water partition coefficient (Wildman–Crippen LogP) is 4.01. The van der Waals surface area contributed by atoms with E-state index in [2.05, 4.69) is 41.5 Å². The number of rotatable bonds is 3. The Balaban J connectivity index is 2.41. The Morgan fingerprint density at radius 2 is 1.83 bits per heavy atom. The van der Waals surface area contributed by atoms with E-state index in [0.29, 0.717) is 10.0 Å². The summed E-state index contributed by atoms with van der Waals surface area (Å²) in [5.41, 5.74) is 3.14. The topological polar surface area (TPSA) is 24.9 Å². The number of pyridine rings is 1. The first-order valence-corrected chi connectivity index (χ1v) is 6.42. The molecule has 1 aromatic carbocycles. The molecule has 0 aliphatic rings. The fourth-order valence-electron chi connectivity index (χ4n) is 1.86. The smallest absolute Gasteiger partial charge is 0.0805 e. The molecule has 18 heavy (non-hydrogen) atoms. The van der Waals surface area contributed by atoms with Crippen molar-refractivity contribution in [2.24, 2.45) is 0 Å². The first kappa shape index (κ1) is 13.3. The van der Waals surface area contributed by atoms with Gasteiger partial charge >= 0.3 is 0 Å². The Hall–Kier alpha value is -1.09. The van der Waals surface area contributed by atoms with E-state index in [4.69, 9.17) is 23.2 Å². The number of hydrogen-bond donors (Lipinski definition) is 1. The number of aryl methyl sites for hydroxylation is 1. The second kappa shape index (κ2) is 5.70. The molecular formula is C14H14Cl2N2. The molecule has 2 nitrogen and oxygen atoms in total. The van der Waals surface area contributed by atoms with Gasteiger partial charge in [0.2, 0.25) is 0 Å². The van der Waals surface area contributed by atoms with Crippen LogP contribution in [0, 0.1) is 6.92 Å². The van der Waals surface area contributed by atoms with Gasteiger partial charge in [-0.25, -0.2) is 0 Å². The fraction of sp³-hybridized carbons (Fsp3) is 0.214. The van der Waals surface area contributed by atoms with Gasteiger partial charge in [0.25, 0.3) is 0 Å². The molecule has 2 aromatic rings. The van der Waals surface area contributed by atoms with Crippen molar-refractivity contribution in [3.63, 3.8) is 0 Å². The quantitative estimate of drug-likeness (QED) is 0.919. The van der Waals surface area contributed by atoms with Crippen LogP contribution in [0.1, 0.15) is 22.9 Å². The van der Waals surface area contributed by atoms with Gasteiger partial charge in [-0.1, -0.05) is 53.0 Å². The second-order valence-corrected chi connectivity index (χ2v) is 5.00. The molecule has 0 aliphatic heterocycles. The van der Waals surface area contributed by atoms with Gasteiger partial charge < -0.3 is 5.32 Å². The van der Waals surface area contributed by atoms with Crippen LogP contribution in [-0.4, -0.2) is 12.0 Å². The molecule has 1 aromatic heterocycles. The number of benzene rings is 1. The van der Waals surface area contributed by atoms with Crippen molar-refractivity contribution in [3.8, 4) is 0 Å². The number of nitrogens with one attached hydrogen (secondary N) is 1. The van der Waals surface area contributed by atoms with Crippen molar-refractivity contribution in [1.29, 1.82) is 0 Å². The highest BCUT2D eigenvalue weighted by atomic mass is 35.5. The largest absolute Gasteiger partial charge is 0.308 e. The van der Waals surface area contributed by atoms with Crippen molar-refractivity contribution in [2.45, 2.75) is 13.0 Å². The molecule has 0 spiro atoms. The summed E-state index contributed by atoms with van der Waals surface area (Å²) in [6.07, 6.45) is 1.61. The Kier molecular flexibility index (Phi) is 4.23. The standard InChI is InChI=1S/C14H14Cl2N2/c1-9-3-5-10(6-4-9)13(17-2)14-12(16)7-11(15)8-18-14/h3-8,13,17H,1-2H3. The molecule has 0 radical (unpaired) electrons. The molecule has 1 atom stereocenters. The molecule has 1 heterocycles. The molecule has 0 saturated carbocycles. The molecule has 94 valence electrons. The van der Waals surface area contributed by atoms with Gasteiger partial charge in [0, 0.05) is 6.20 Å². The third-order valence-corrected chi connectivity index (χ3v) is 3.32. The first-order chi connectivity index (χ1) is 8.61. The minimum absolute atomic E-state index is 0.0321. The lowest BCUT2D eigenvalue weighted by Crippen LogP contribution is -2.19. The monoisotopic (exact) mass is 280 g/mol. The first-order valence-electron chi connectivity index (χ1n) is 5.66. The van der Waals surface area contributed by atoms with Gasteiger partial charge in [0.05, 0.1) is 21.8 Å². The molecule has 0 fully saturated rings. The van der Waals surface area contributed by atoms with Crippen molar-refractivity contribution < 1.29 is 0 Å². The molecule has 1 unspecified atom stereocenters. The van der Waals surface area contributed by atoms with Crippen molar-refractivity contribution in [2.75, 3.05) is 7.05 Å². The van der Waals surface area contributed by atoms with Crippen LogP contribution in [0.5, 0.6) is 0 Å². The van der Waals surface area contributed by atoms with E-state index >= 15 is 0 Å². The van der Waals surface area contributed by atoms with Gasteiger partial charge in [0.15, 0.2) is 0 Å². The van der Waals surface area contributed by atoms with E-state index in [1.54, 1.807) is 12.3 Å². The Morgan fingerprint density at radius 1 is 1.17 bits per heavy atom. The van der Waals surface area contributed by atoms with Crippen LogP contribution in [-0.2, 0) is 0 Å². The van der Waals surface area contributed by atoms with Crippen LogP contribution in [0.25, 0.3) is 0 Å². The highest BCUT2D eigenvalue weighted by molar-refractivity contribution is 6.34. The third kappa shape index (κ3) is 2.83. The van der Waals surface area contributed by atoms with E-state index in [9.17, 15) is 0 Å². The van der Waals surface area contributed by atoms with Crippen LogP contribution in [0.15, 0.2) is 36.5 Å². The van der Waals surface area contributed by atoms with E-state index in [1.807, 2.05) is 7.05 Å². The van der Waals surface area contributed by atoms with Crippen molar-refractivity contribution in [1.82, 2.24) is 10.3 Å². The number of halogens is 2.